The number of amides is 2. The highest BCUT2D eigenvalue weighted by Crippen LogP contribution is 2.28. The number of nitrogens with zero attached hydrogens (tertiary/aromatic N) is 5. The molecule has 2 aliphatic heterocycles. The van der Waals surface area contributed by atoms with E-state index in [1.807, 2.05) is 52.3 Å². The van der Waals surface area contributed by atoms with Crippen molar-refractivity contribution >= 4 is 38.6 Å². The molecule has 2 aliphatic rings. The van der Waals surface area contributed by atoms with Crippen molar-refractivity contribution in [3.05, 3.63) is 48.7 Å². The Balaban J connectivity index is 1.10. The number of piperidine rings is 1. The monoisotopic (exact) mass is 479 g/mol. The molecule has 0 bridgehead atoms. The molecule has 34 heavy (non-hydrogen) atoms. The number of likely N-dealkylation sites (tertiary alicyclic amines) is 1. The molecule has 1 aromatic carbocycles. The summed E-state index contributed by atoms with van der Waals surface area (Å²) in [5, 5.41) is 0.966. The number of piperazine rings is 1. The van der Waals surface area contributed by atoms with E-state index < -0.39 is 0 Å². The molecular weight excluding hydrogens is 450 g/mol. The maximum absolute atomic E-state index is 13.2. The SMILES string of the molecule is O=C(CCOc1ccccc1)N1CCCC(C(=O)N2CCN(c3nc4cccnc4s3)CC2)C1. The smallest absolute Gasteiger partial charge is 0.227 e. The van der Waals surface area contributed by atoms with E-state index in [4.69, 9.17) is 9.72 Å². The van der Waals surface area contributed by atoms with Crippen molar-refractivity contribution in [3.8, 4) is 5.75 Å². The predicted octanol–water partition coefficient (Wildman–Crippen LogP) is 3.05. The third kappa shape index (κ3) is 5.14. The number of thiazole rings is 1. The molecule has 2 saturated heterocycles. The first-order valence-electron chi connectivity index (χ1n) is 11.9. The number of anilines is 1. The number of aromatic nitrogens is 2. The number of ether oxygens (including phenoxy) is 1. The lowest BCUT2D eigenvalue weighted by Gasteiger charge is -2.39. The van der Waals surface area contributed by atoms with E-state index in [9.17, 15) is 9.59 Å². The summed E-state index contributed by atoms with van der Waals surface area (Å²) >= 11 is 1.60. The third-order valence-corrected chi connectivity index (χ3v) is 7.51. The molecule has 9 heteroatoms. The van der Waals surface area contributed by atoms with Crippen LogP contribution < -0.4 is 9.64 Å². The Kier molecular flexibility index (Phi) is 6.89. The lowest BCUT2D eigenvalue weighted by molar-refractivity contribution is -0.141. The molecule has 0 spiro atoms. The van der Waals surface area contributed by atoms with E-state index in [-0.39, 0.29) is 17.7 Å². The minimum absolute atomic E-state index is 0.0581. The number of rotatable bonds is 6. The first-order chi connectivity index (χ1) is 16.7. The van der Waals surface area contributed by atoms with Crippen molar-refractivity contribution in [2.45, 2.75) is 19.3 Å². The van der Waals surface area contributed by atoms with Crippen LogP contribution in [0.25, 0.3) is 10.3 Å². The quantitative estimate of drug-likeness (QED) is 0.541. The largest absolute Gasteiger partial charge is 0.493 e. The van der Waals surface area contributed by atoms with Crippen LogP contribution in [0.2, 0.25) is 0 Å². The zero-order valence-electron chi connectivity index (χ0n) is 19.1. The highest BCUT2D eigenvalue weighted by molar-refractivity contribution is 7.21. The molecule has 178 valence electrons. The Morgan fingerprint density at radius 1 is 1.00 bits per heavy atom. The Bertz CT molecular complexity index is 1100. The second kappa shape index (κ2) is 10.4. The van der Waals surface area contributed by atoms with Crippen molar-refractivity contribution in [1.29, 1.82) is 0 Å². The number of hydrogen-bond donors (Lipinski definition) is 0. The Morgan fingerprint density at radius 3 is 2.62 bits per heavy atom. The van der Waals surface area contributed by atoms with E-state index in [2.05, 4.69) is 9.88 Å². The summed E-state index contributed by atoms with van der Waals surface area (Å²) in [6.07, 6.45) is 3.81. The summed E-state index contributed by atoms with van der Waals surface area (Å²) < 4.78 is 5.67. The molecule has 8 nitrogen and oxygen atoms in total. The number of fused-ring (bicyclic) bond motifs is 1. The molecule has 1 atom stereocenters. The first kappa shape index (κ1) is 22.6. The minimum Gasteiger partial charge on any atom is -0.493 e. The zero-order chi connectivity index (χ0) is 23.3. The molecule has 0 aliphatic carbocycles. The van der Waals surface area contributed by atoms with Crippen LogP contribution in [0.4, 0.5) is 5.13 Å². The summed E-state index contributed by atoms with van der Waals surface area (Å²) in [5.41, 5.74) is 0.919. The van der Waals surface area contributed by atoms with E-state index in [0.717, 1.165) is 47.2 Å². The van der Waals surface area contributed by atoms with E-state index >= 15 is 0 Å². The average Bonchev–Trinajstić information content (AvgIpc) is 3.33. The molecule has 2 amide bonds. The van der Waals surface area contributed by atoms with Crippen LogP contribution in [-0.4, -0.2) is 77.5 Å². The summed E-state index contributed by atoms with van der Waals surface area (Å²) in [5.74, 6) is 0.876. The van der Waals surface area contributed by atoms with E-state index in [0.29, 0.717) is 39.2 Å². The van der Waals surface area contributed by atoms with Crippen molar-refractivity contribution < 1.29 is 14.3 Å². The number of para-hydroxylation sites is 1. The van der Waals surface area contributed by atoms with Crippen LogP contribution in [0.15, 0.2) is 48.7 Å². The van der Waals surface area contributed by atoms with Crippen LogP contribution in [0.1, 0.15) is 19.3 Å². The molecule has 0 N–H and O–H groups in total. The standard InChI is InChI=1S/C25H29N5O3S/c31-22(10-17-33-20-7-2-1-3-8-20)30-12-5-6-19(18-30)24(32)28-13-15-29(16-14-28)25-27-21-9-4-11-26-23(21)34-25/h1-4,7-9,11,19H,5-6,10,12-18H2. The summed E-state index contributed by atoms with van der Waals surface area (Å²) in [6, 6.07) is 13.4. The summed E-state index contributed by atoms with van der Waals surface area (Å²) in [6.45, 7) is 4.45. The van der Waals surface area contributed by atoms with Crippen molar-refractivity contribution in [1.82, 2.24) is 19.8 Å². The maximum atomic E-state index is 13.2. The fourth-order valence-electron chi connectivity index (χ4n) is 4.61. The highest BCUT2D eigenvalue weighted by Gasteiger charge is 2.33. The number of pyridine rings is 1. The molecule has 0 saturated carbocycles. The van der Waals surface area contributed by atoms with Crippen LogP contribution in [-0.2, 0) is 9.59 Å². The van der Waals surface area contributed by atoms with Gasteiger partial charge in [0.15, 0.2) is 5.13 Å². The molecule has 5 rings (SSSR count). The third-order valence-electron chi connectivity index (χ3n) is 6.47. The molecule has 2 aromatic heterocycles. The van der Waals surface area contributed by atoms with Gasteiger partial charge < -0.3 is 19.4 Å². The van der Waals surface area contributed by atoms with Gasteiger partial charge >= 0.3 is 0 Å². The van der Waals surface area contributed by atoms with Crippen molar-refractivity contribution in [2.24, 2.45) is 5.92 Å². The summed E-state index contributed by atoms with van der Waals surface area (Å²) in [4.78, 5) is 42.0. The predicted molar refractivity (Wildman–Crippen MR) is 132 cm³/mol. The lowest BCUT2D eigenvalue weighted by atomic mass is 9.96. The normalized spacial score (nSPS) is 18.8. The van der Waals surface area contributed by atoms with Crippen LogP contribution in [0, 0.1) is 5.92 Å². The van der Waals surface area contributed by atoms with Crippen LogP contribution >= 0.6 is 11.3 Å². The molecule has 2 fully saturated rings. The van der Waals surface area contributed by atoms with Gasteiger partial charge in [0.2, 0.25) is 11.8 Å². The number of carbonyl (C=O) groups is 2. The van der Waals surface area contributed by atoms with Gasteiger partial charge in [-0.2, -0.15) is 0 Å². The Labute approximate surface area is 203 Å². The molecule has 3 aromatic rings. The van der Waals surface area contributed by atoms with Gasteiger partial charge in [-0.1, -0.05) is 29.5 Å². The molecular formula is C25H29N5O3S. The average molecular weight is 480 g/mol. The first-order valence-corrected chi connectivity index (χ1v) is 12.7. The van der Waals surface area contributed by atoms with Crippen molar-refractivity contribution in [3.63, 3.8) is 0 Å². The van der Waals surface area contributed by atoms with Gasteiger partial charge in [-0.15, -0.1) is 0 Å². The van der Waals surface area contributed by atoms with Gasteiger partial charge in [0.1, 0.15) is 16.1 Å². The fourth-order valence-corrected chi connectivity index (χ4v) is 5.57. The maximum Gasteiger partial charge on any atom is 0.227 e. The van der Waals surface area contributed by atoms with Gasteiger partial charge in [0.05, 0.1) is 18.9 Å². The summed E-state index contributed by atoms with van der Waals surface area (Å²) in [7, 11) is 0. The number of carbonyl (C=O) groups excluding carboxylic acids is 2. The molecule has 4 heterocycles. The Morgan fingerprint density at radius 2 is 1.82 bits per heavy atom. The van der Waals surface area contributed by atoms with Crippen molar-refractivity contribution in [2.75, 3.05) is 50.8 Å². The van der Waals surface area contributed by atoms with Gasteiger partial charge in [-0.3, -0.25) is 9.59 Å². The van der Waals surface area contributed by atoms with Gasteiger partial charge in [-0.25, -0.2) is 9.97 Å². The second-order valence-electron chi connectivity index (χ2n) is 8.73. The lowest BCUT2D eigenvalue weighted by Crippen LogP contribution is -2.53. The molecule has 1 unspecified atom stereocenters. The molecule has 0 radical (unpaired) electrons. The van der Waals surface area contributed by atoms with Crippen LogP contribution in [0.5, 0.6) is 5.75 Å². The highest BCUT2D eigenvalue weighted by atomic mass is 32.1. The second-order valence-corrected chi connectivity index (χ2v) is 9.68. The Hall–Kier alpha value is -3.20. The van der Waals surface area contributed by atoms with Gasteiger partial charge in [0.25, 0.3) is 0 Å². The van der Waals surface area contributed by atoms with E-state index in [1.165, 1.54) is 0 Å². The fraction of sp³-hybridized carbons (Fsp3) is 0.440. The van der Waals surface area contributed by atoms with Gasteiger partial charge in [0, 0.05) is 45.5 Å². The topological polar surface area (TPSA) is 78.9 Å². The number of hydrogen-bond acceptors (Lipinski definition) is 7. The van der Waals surface area contributed by atoms with Gasteiger partial charge in [-0.05, 0) is 37.1 Å². The minimum atomic E-state index is -0.119. The number of benzene rings is 1. The zero-order valence-corrected chi connectivity index (χ0v) is 20.0. The van der Waals surface area contributed by atoms with Crippen LogP contribution in [0.3, 0.4) is 0 Å². The van der Waals surface area contributed by atoms with E-state index in [1.54, 1.807) is 17.5 Å².